The summed E-state index contributed by atoms with van der Waals surface area (Å²) in [4.78, 5) is 12.0. The van der Waals surface area contributed by atoms with Gasteiger partial charge >= 0.3 is 0 Å². The van der Waals surface area contributed by atoms with Gasteiger partial charge < -0.3 is 10.6 Å². The Morgan fingerprint density at radius 1 is 1.35 bits per heavy atom. The lowest BCUT2D eigenvalue weighted by atomic mass is 10.0. The molecule has 1 aromatic carbocycles. The Labute approximate surface area is 121 Å². The van der Waals surface area contributed by atoms with Crippen molar-refractivity contribution in [2.45, 2.75) is 52.1 Å². The van der Waals surface area contributed by atoms with Crippen molar-refractivity contribution in [3.63, 3.8) is 0 Å². The average Bonchev–Trinajstić information content (AvgIpc) is 2.40. The molecule has 1 rings (SSSR count). The fourth-order valence-corrected chi connectivity index (χ4v) is 1.75. The molecule has 112 valence electrons. The van der Waals surface area contributed by atoms with Gasteiger partial charge in [-0.2, -0.15) is 0 Å². The van der Waals surface area contributed by atoms with Gasteiger partial charge in [0.1, 0.15) is 5.82 Å². The van der Waals surface area contributed by atoms with Crippen molar-refractivity contribution in [2.75, 3.05) is 6.54 Å². The van der Waals surface area contributed by atoms with Crippen molar-refractivity contribution < 1.29 is 9.18 Å². The van der Waals surface area contributed by atoms with Gasteiger partial charge in [-0.3, -0.25) is 4.79 Å². The van der Waals surface area contributed by atoms with Gasteiger partial charge in [-0.25, -0.2) is 4.39 Å². The number of benzene rings is 1. The van der Waals surface area contributed by atoms with Gasteiger partial charge in [0.2, 0.25) is 5.91 Å². The van der Waals surface area contributed by atoms with E-state index in [0.717, 1.165) is 6.42 Å². The SMILES string of the molecule is CCC(C)(C)NC(=O)C(C)NCCc1ccccc1F. The average molecular weight is 280 g/mol. The lowest BCUT2D eigenvalue weighted by Crippen LogP contribution is -2.51. The van der Waals surface area contributed by atoms with Crippen LogP contribution in [-0.4, -0.2) is 24.0 Å². The number of hydrogen-bond donors (Lipinski definition) is 2. The van der Waals surface area contributed by atoms with Gasteiger partial charge in [0.25, 0.3) is 0 Å². The van der Waals surface area contributed by atoms with E-state index in [4.69, 9.17) is 0 Å². The summed E-state index contributed by atoms with van der Waals surface area (Å²) < 4.78 is 13.4. The van der Waals surface area contributed by atoms with Crippen LogP contribution < -0.4 is 10.6 Å². The molecule has 0 radical (unpaired) electrons. The molecule has 1 aromatic rings. The highest BCUT2D eigenvalue weighted by atomic mass is 19.1. The molecule has 0 aliphatic carbocycles. The van der Waals surface area contributed by atoms with Crippen LogP contribution >= 0.6 is 0 Å². The van der Waals surface area contributed by atoms with E-state index in [1.54, 1.807) is 12.1 Å². The zero-order valence-corrected chi connectivity index (χ0v) is 12.8. The molecule has 0 aromatic heterocycles. The Bertz CT molecular complexity index is 446. The monoisotopic (exact) mass is 280 g/mol. The van der Waals surface area contributed by atoms with E-state index in [2.05, 4.69) is 10.6 Å². The Balaban J connectivity index is 2.38. The van der Waals surface area contributed by atoms with Crippen molar-refractivity contribution in [3.8, 4) is 0 Å². The lowest BCUT2D eigenvalue weighted by Gasteiger charge is -2.26. The Morgan fingerprint density at radius 3 is 2.60 bits per heavy atom. The number of carbonyl (C=O) groups excluding carboxylic acids is 1. The van der Waals surface area contributed by atoms with E-state index in [1.807, 2.05) is 33.8 Å². The first-order chi connectivity index (χ1) is 9.35. The molecule has 20 heavy (non-hydrogen) atoms. The topological polar surface area (TPSA) is 41.1 Å². The summed E-state index contributed by atoms with van der Waals surface area (Å²) in [6.07, 6.45) is 1.45. The minimum atomic E-state index is -0.285. The summed E-state index contributed by atoms with van der Waals surface area (Å²) in [6, 6.07) is 6.43. The highest BCUT2D eigenvalue weighted by Crippen LogP contribution is 2.08. The molecular formula is C16H25FN2O. The third-order valence-corrected chi connectivity index (χ3v) is 3.54. The number of nitrogens with one attached hydrogen (secondary N) is 2. The zero-order valence-electron chi connectivity index (χ0n) is 12.8. The molecule has 0 saturated carbocycles. The molecule has 0 saturated heterocycles. The molecular weight excluding hydrogens is 255 g/mol. The largest absolute Gasteiger partial charge is 0.350 e. The quantitative estimate of drug-likeness (QED) is 0.806. The van der Waals surface area contributed by atoms with Gasteiger partial charge in [-0.1, -0.05) is 25.1 Å². The van der Waals surface area contributed by atoms with E-state index in [9.17, 15) is 9.18 Å². The second-order valence-corrected chi connectivity index (χ2v) is 5.74. The van der Waals surface area contributed by atoms with Crippen LogP contribution in [-0.2, 0) is 11.2 Å². The Morgan fingerprint density at radius 2 is 2.00 bits per heavy atom. The highest BCUT2D eigenvalue weighted by Gasteiger charge is 2.21. The Hall–Kier alpha value is -1.42. The molecule has 2 N–H and O–H groups in total. The Kier molecular flexibility index (Phi) is 6.14. The first-order valence-corrected chi connectivity index (χ1v) is 7.14. The first-order valence-electron chi connectivity index (χ1n) is 7.14. The third kappa shape index (κ3) is 5.29. The predicted octanol–water partition coefficient (Wildman–Crippen LogP) is 2.65. The normalized spacial score (nSPS) is 13.1. The number of halogens is 1. The highest BCUT2D eigenvalue weighted by molar-refractivity contribution is 5.81. The number of amides is 1. The van der Waals surface area contributed by atoms with Gasteiger partial charge in [-0.15, -0.1) is 0 Å². The van der Waals surface area contributed by atoms with Crippen molar-refractivity contribution >= 4 is 5.91 Å². The van der Waals surface area contributed by atoms with Crippen LogP contribution in [0.3, 0.4) is 0 Å². The van der Waals surface area contributed by atoms with Crippen LogP contribution in [0.1, 0.15) is 39.7 Å². The van der Waals surface area contributed by atoms with E-state index < -0.39 is 0 Å². The molecule has 3 nitrogen and oxygen atoms in total. The fourth-order valence-electron chi connectivity index (χ4n) is 1.75. The van der Waals surface area contributed by atoms with Gasteiger partial charge in [0, 0.05) is 12.1 Å². The van der Waals surface area contributed by atoms with Crippen molar-refractivity contribution in [1.29, 1.82) is 0 Å². The van der Waals surface area contributed by atoms with Crippen LogP contribution in [0.25, 0.3) is 0 Å². The molecule has 0 spiro atoms. The molecule has 1 amide bonds. The maximum Gasteiger partial charge on any atom is 0.237 e. The van der Waals surface area contributed by atoms with Crippen LogP contribution in [0.5, 0.6) is 0 Å². The van der Waals surface area contributed by atoms with Crippen molar-refractivity contribution in [3.05, 3.63) is 35.6 Å². The lowest BCUT2D eigenvalue weighted by molar-refractivity contribution is -0.124. The van der Waals surface area contributed by atoms with Crippen LogP contribution in [0.4, 0.5) is 4.39 Å². The standard InChI is InChI=1S/C16H25FN2O/c1-5-16(3,4)19-15(20)12(2)18-11-10-13-8-6-7-9-14(13)17/h6-9,12,18H,5,10-11H2,1-4H3,(H,19,20). The number of rotatable bonds is 7. The smallest absolute Gasteiger partial charge is 0.237 e. The second-order valence-electron chi connectivity index (χ2n) is 5.74. The maximum absolute atomic E-state index is 13.4. The summed E-state index contributed by atoms with van der Waals surface area (Å²) >= 11 is 0. The summed E-state index contributed by atoms with van der Waals surface area (Å²) in [5.41, 5.74) is 0.472. The van der Waals surface area contributed by atoms with Gasteiger partial charge in [0.15, 0.2) is 0 Å². The number of carbonyl (C=O) groups is 1. The van der Waals surface area contributed by atoms with Crippen LogP contribution in [0.15, 0.2) is 24.3 Å². The van der Waals surface area contributed by atoms with Crippen LogP contribution in [0, 0.1) is 5.82 Å². The van der Waals surface area contributed by atoms with E-state index >= 15 is 0 Å². The molecule has 0 aliphatic heterocycles. The molecule has 1 unspecified atom stereocenters. The van der Waals surface area contributed by atoms with Gasteiger partial charge in [0.05, 0.1) is 6.04 Å². The molecule has 0 bridgehead atoms. The summed E-state index contributed by atoms with van der Waals surface area (Å²) in [5, 5.41) is 6.12. The number of hydrogen-bond acceptors (Lipinski definition) is 2. The minimum absolute atomic E-state index is 0.0228. The van der Waals surface area contributed by atoms with Crippen molar-refractivity contribution in [1.82, 2.24) is 10.6 Å². The van der Waals surface area contributed by atoms with E-state index in [0.29, 0.717) is 18.5 Å². The zero-order chi connectivity index (χ0) is 15.2. The summed E-state index contributed by atoms with van der Waals surface area (Å²) in [7, 11) is 0. The molecule has 0 fully saturated rings. The molecule has 0 heterocycles. The molecule has 4 heteroatoms. The molecule has 0 aliphatic rings. The maximum atomic E-state index is 13.4. The van der Waals surface area contributed by atoms with Crippen LogP contribution in [0.2, 0.25) is 0 Å². The van der Waals surface area contributed by atoms with E-state index in [1.165, 1.54) is 6.07 Å². The minimum Gasteiger partial charge on any atom is -0.350 e. The first kappa shape index (κ1) is 16.6. The van der Waals surface area contributed by atoms with Gasteiger partial charge in [-0.05, 0) is 45.2 Å². The summed E-state index contributed by atoms with van der Waals surface area (Å²) in [6.45, 7) is 8.43. The molecule has 1 atom stereocenters. The fraction of sp³-hybridized carbons (Fsp3) is 0.562. The van der Waals surface area contributed by atoms with E-state index in [-0.39, 0.29) is 23.3 Å². The summed E-state index contributed by atoms with van der Waals surface area (Å²) in [5.74, 6) is -0.219. The third-order valence-electron chi connectivity index (χ3n) is 3.54. The van der Waals surface area contributed by atoms with Crippen molar-refractivity contribution in [2.24, 2.45) is 0 Å². The predicted molar refractivity (Wildman–Crippen MR) is 80.1 cm³/mol. The second kappa shape index (κ2) is 7.39.